The topological polar surface area (TPSA) is 117 Å². The normalized spacial score (nSPS) is 13.5. The fraction of sp³-hybridized carbons (Fsp3) is 0.290. The lowest BCUT2D eigenvalue weighted by molar-refractivity contribution is -0.111. The first-order valence-corrected chi connectivity index (χ1v) is 14.5. The quantitative estimate of drug-likeness (QED) is 0.215. The summed E-state index contributed by atoms with van der Waals surface area (Å²) in [7, 11) is 2.96. The molecule has 1 aliphatic rings. The van der Waals surface area contributed by atoms with Gasteiger partial charge >= 0.3 is 0 Å². The molecule has 43 heavy (non-hydrogen) atoms. The van der Waals surface area contributed by atoms with Gasteiger partial charge in [-0.1, -0.05) is 41.9 Å². The summed E-state index contributed by atoms with van der Waals surface area (Å²) in [5.41, 5.74) is 2.29. The van der Waals surface area contributed by atoms with Crippen LogP contribution in [0.3, 0.4) is 0 Å². The van der Waals surface area contributed by atoms with E-state index in [-0.39, 0.29) is 33.1 Å². The van der Waals surface area contributed by atoms with E-state index in [4.69, 9.17) is 42.4 Å². The van der Waals surface area contributed by atoms with E-state index in [1.165, 1.54) is 20.3 Å². The molecular weight excluding hydrogens is 593 g/mol. The van der Waals surface area contributed by atoms with E-state index in [9.17, 15) is 9.59 Å². The van der Waals surface area contributed by atoms with Gasteiger partial charge in [0, 0.05) is 54.7 Å². The number of amides is 1. The van der Waals surface area contributed by atoms with E-state index in [2.05, 4.69) is 22.2 Å². The van der Waals surface area contributed by atoms with Gasteiger partial charge < -0.3 is 24.8 Å². The lowest BCUT2D eigenvalue weighted by atomic mass is 10.0. The summed E-state index contributed by atoms with van der Waals surface area (Å²) < 4.78 is 18.0. The van der Waals surface area contributed by atoms with Crippen molar-refractivity contribution >= 4 is 51.8 Å². The van der Waals surface area contributed by atoms with Crippen molar-refractivity contribution in [1.82, 2.24) is 14.5 Å². The minimum absolute atomic E-state index is 0.174. The van der Waals surface area contributed by atoms with E-state index in [0.717, 1.165) is 18.4 Å². The Labute approximate surface area is 258 Å². The smallest absolute Gasteiger partial charge is 0.260 e. The van der Waals surface area contributed by atoms with Gasteiger partial charge in [0.1, 0.15) is 17.1 Å². The third kappa shape index (κ3) is 6.61. The fourth-order valence-corrected chi connectivity index (χ4v) is 5.65. The van der Waals surface area contributed by atoms with Crippen LogP contribution in [0.25, 0.3) is 22.2 Å². The highest BCUT2D eigenvalue weighted by Crippen LogP contribution is 2.45. The highest BCUT2D eigenvalue weighted by molar-refractivity contribution is 6.41. The lowest BCUT2D eigenvalue weighted by Crippen LogP contribution is -2.29. The Balaban J connectivity index is 1.59. The monoisotopic (exact) mass is 623 g/mol. The molecule has 0 spiro atoms. The number of pyridine rings is 1. The highest BCUT2D eigenvalue weighted by Gasteiger charge is 2.24. The third-order valence-electron chi connectivity index (χ3n) is 7.26. The lowest BCUT2D eigenvalue weighted by Gasteiger charge is -2.23. The van der Waals surface area contributed by atoms with Crippen LogP contribution in [0.1, 0.15) is 18.4 Å². The zero-order chi connectivity index (χ0) is 30.5. The molecule has 1 aliphatic heterocycles. The predicted octanol–water partition coefficient (Wildman–Crippen LogP) is 5.74. The Hall–Kier alpha value is -4.12. The molecule has 0 unspecified atom stereocenters. The van der Waals surface area contributed by atoms with Crippen molar-refractivity contribution in [2.45, 2.75) is 31.8 Å². The standard InChI is InChI=1S/C31H31Cl2N5O5/c1-4-25(39)35-20-7-5-18(6-8-20)9-12-38-29-19(17-34-31(37-29)36-21-10-13-43-14-11-21)15-22(30(38)40)26-27(32)23(41-2)16-24(42-3)28(26)33/h4-8,15-17,21H,1,9-14H2,2-3H3,(H,35,39)(H,34,36,37). The van der Waals surface area contributed by atoms with Gasteiger partial charge in [-0.3, -0.25) is 14.2 Å². The molecule has 12 heteroatoms. The zero-order valence-corrected chi connectivity index (χ0v) is 25.3. The molecule has 5 rings (SSSR count). The minimum Gasteiger partial charge on any atom is -0.495 e. The number of anilines is 2. The Kier molecular flexibility index (Phi) is 9.49. The Morgan fingerprint density at radius 2 is 1.79 bits per heavy atom. The second-order valence-corrected chi connectivity index (χ2v) is 10.7. The molecule has 1 amide bonds. The van der Waals surface area contributed by atoms with Crippen LogP contribution in [0, 0.1) is 0 Å². The Morgan fingerprint density at radius 3 is 2.42 bits per heavy atom. The SMILES string of the molecule is C=CC(=O)Nc1ccc(CCn2c(=O)c(-c3c(Cl)c(OC)cc(OC)c3Cl)cc3cnc(NC4CCOCC4)nc32)cc1. The van der Waals surface area contributed by atoms with Crippen LogP contribution in [0.2, 0.25) is 10.0 Å². The van der Waals surface area contributed by atoms with Crippen LogP contribution in [0.15, 0.2) is 60.0 Å². The molecule has 2 N–H and O–H groups in total. The molecule has 0 saturated carbocycles. The van der Waals surface area contributed by atoms with Crippen LogP contribution in [-0.2, 0) is 22.5 Å². The first-order valence-electron chi connectivity index (χ1n) is 13.7. The van der Waals surface area contributed by atoms with Crippen molar-refractivity contribution in [3.8, 4) is 22.6 Å². The van der Waals surface area contributed by atoms with Crippen molar-refractivity contribution in [3.05, 3.63) is 81.2 Å². The summed E-state index contributed by atoms with van der Waals surface area (Å²) >= 11 is 13.4. The number of hydrogen-bond donors (Lipinski definition) is 2. The maximum atomic E-state index is 14.2. The first-order chi connectivity index (χ1) is 20.8. The summed E-state index contributed by atoms with van der Waals surface area (Å²) in [6.45, 7) is 5.11. The van der Waals surface area contributed by atoms with Gasteiger partial charge in [0.05, 0.1) is 29.8 Å². The second kappa shape index (κ2) is 13.5. The number of rotatable bonds is 10. The maximum absolute atomic E-state index is 14.2. The number of hydrogen-bond acceptors (Lipinski definition) is 8. The molecule has 0 radical (unpaired) electrons. The first kappa shape index (κ1) is 30.3. The molecule has 0 atom stereocenters. The molecule has 1 fully saturated rings. The molecule has 3 heterocycles. The summed E-state index contributed by atoms with van der Waals surface area (Å²) in [6.07, 6.45) is 5.07. The van der Waals surface area contributed by atoms with Crippen molar-refractivity contribution in [3.63, 3.8) is 0 Å². The Bertz CT molecular complexity index is 1690. The van der Waals surface area contributed by atoms with Crippen molar-refractivity contribution in [1.29, 1.82) is 0 Å². The molecular formula is C31H31Cl2N5O5. The number of carbonyl (C=O) groups is 1. The number of nitrogens with zero attached hydrogens (tertiary/aromatic N) is 3. The van der Waals surface area contributed by atoms with Crippen LogP contribution in [0.5, 0.6) is 11.5 Å². The molecule has 4 aromatic rings. The van der Waals surface area contributed by atoms with Gasteiger partial charge in [0.15, 0.2) is 0 Å². The molecule has 10 nitrogen and oxygen atoms in total. The number of methoxy groups -OCH3 is 2. The van der Waals surface area contributed by atoms with E-state index >= 15 is 0 Å². The molecule has 0 bridgehead atoms. The van der Waals surface area contributed by atoms with Gasteiger partial charge in [0.2, 0.25) is 11.9 Å². The highest BCUT2D eigenvalue weighted by atomic mass is 35.5. The average molecular weight is 625 g/mol. The number of ether oxygens (including phenoxy) is 3. The molecule has 1 saturated heterocycles. The van der Waals surface area contributed by atoms with E-state index in [1.807, 2.05) is 12.1 Å². The molecule has 224 valence electrons. The molecule has 2 aromatic heterocycles. The van der Waals surface area contributed by atoms with Gasteiger partial charge in [-0.2, -0.15) is 4.98 Å². The van der Waals surface area contributed by atoms with Crippen LogP contribution < -0.4 is 25.7 Å². The summed E-state index contributed by atoms with van der Waals surface area (Å²) in [5, 5.41) is 7.11. The maximum Gasteiger partial charge on any atom is 0.260 e. The zero-order valence-electron chi connectivity index (χ0n) is 23.8. The van der Waals surface area contributed by atoms with E-state index in [1.54, 1.807) is 35.0 Å². The largest absolute Gasteiger partial charge is 0.495 e. The number of carbonyl (C=O) groups excluding carboxylic acids is 1. The van der Waals surface area contributed by atoms with E-state index in [0.29, 0.717) is 65.9 Å². The summed E-state index contributed by atoms with van der Waals surface area (Å²) in [5.74, 6) is 0.778. The van der Waals surface area contributed by atoms with Gasteiger partial charge in [-0.05, 0) is 49.1 Å². The van der Waals surface area contributed by atoms with Gasteiger partial charge in [-0.15, -0.1) is 0 Å². The summed E-state index contributed by atoms with van der Waals surface area (Å²) in [4.78, 5) is 35.2. The number of halogens is 2. The fourth-order valence-electron chi connectivity index (χ4n) is 4.95. The minimum atomic E-state index is -0.336. The number of aryl methyl sites for hydroxylation is 2. The molecule has 2 aromatic carbocycles. The van der Waals surface area contributed by atoms with Crippen LogP contribution in [-0.4, -0.2) is 53.9 Å². The number of aromatic nitrogens is 3. The van der Waals surface area contributed by atoms with Crippen molar-refractivity contribution < 1.29 is 19.0 Å². The van der Waals surface area contributed by atoms with Gasteiger partial charge in [0.25, 0.3) is 5.56 Å². The number of benzene rings is 2. The van der Waals surface area contributed by atoms with Crippen molar-refractivity contribution in [2.24, 2.45) is 0 Å². The number of nitrogens with one attached hydrogen (secondary N) is 2. The predicted molar refractivity (Wildman–Crippen MR) is 169 cm³/mol. The van der Waals surface area contributed by atoms with E-state index < -0.39 is 0 Å². The average Bonchev–Trinajstić information content (AvgIpc) is 3.02. The molecule has 0 aliphatic carbocycles. The van der Waals surface area contributed by atoms with Crippen LogP contribution >= 0.6 is 23.2 Å². The van der Waals surface area contributed by atoms with Crippen molar-refractivity contribution in [2.75, 3.05) is 38.1 Å². The van der Waals surface area contributed by atoms with Crippen LogP contribution in [0.4, 0.5) is 11.6 Å². The number of fused-ring (bicyclic) bond motifs is 1. The van der Waals surface area contributed by atoms with Gasteiger partial charge in [-0.25, -0.2) is 4.98 Å². The third-order valence-corrected chi connectivity index (χ3v) is 8.01. The Morgan fingerprint density at radius 1 is 1.12 bits per heavy atom. The second-order valence-electron chi connectivity index (χ2n) is 9.94. The summed E-state index contributed by atoms with van der Waals surface area (Å²) in [6, 6.07) is 10.8.